The van der Waals surface area contributed by atoms with E-state index in [-0.39, 0.29) is 10.7 Å². The molecule has 0 aliphatic rings. The number of rotatable bonds is 6. The molecule has 0 aliphatic heterocycles. The van der Waals surface area contributed by atoms with Gasteiger partial charge in [0.15, 0.2) is 18.1 Å². The van der Waals surface area contributed by atoms with Crippen LogP contribution in [0.15, 0.2) is 48.5 Å². The highest BCUT2D eigenvalue weighted by Gasteiger charge is 2.20. The predicted octanol–water partition coefficient (Wildman–Crippen LogP) is 4.14. The summed E-state index contributed by atoms with van der Waals surface area (Å²) in [5.74, 6) is -0.888. The van der Waals surface area contributed by atoms with Crippen molar-refractivity contribution in [3.63, 3.8) is 0 Å². The fourth-order valence-electron chi connectivity index (χ4n) is 3.57. The first kappa shape index (κ1) is 23.2. The van der Waals surface area contributed by atoms with Crippen molar-refractivity contribution in [2.45, 2.75) is 27.7 Å². The van der Waals surface area contributed by atoms with Crippen molar-refractivity contribution in [2.75, 3.05) is 11.9 Å². The smallest absolute Gasteiger partial charge is 0.359 e. The summed E-state index contributed by atoms with van der Waals surface area (Å²) in [4.78, 5) is 29.4. The number of hydrogen-bond acceptors (Lipinski definition) is 6. The van der Waals surface area contributed by atoms with Crippen LogP contribution in [0.3, 0.4) is 0 Å². The second-order valence-corrected chi connectivity index (χ2v) is 8.16. The minimum Gasteiger partial charge on any atom is -0.451 e. The van der Waals surface area contributed by atoms with Crippen molar-refractivity contribution in [1.29, 1.82) is 0 Å². The number of amides is 1. The molecule has 9 nitrogen and oxygen atoms in total. The quantitative estimate of drug-likeness (QED) is 0.418. The maximum absolute atomic E-state index is 12.6. The van der Waals surface area contributed by atoms with Crippen LogP contribution in [0.4, 0.5) is 5.69 Å². The largest absolute Gasteiger partial charge is 0.451 e. The van der Waals surface area contributed by atoms with Gasteiger partial charge in [0.05, 0.1) is 33.5 Å². The number of nitrogens with one attached hydrogen (secondary N) is 1. The Bertz CT molecular complexity index is 1380. The Hall–Kier alpha value is -3.98. The van der Waals surface area contributed by atoms with Crippen LogP contribution in [0.25, 0.3) is 11.5 Å². The summed E-state index contributed by atoms with van der Waals surface area (Å²) in [5.41, 5.74) is 4.41. The summed E-state index contributed by atoms with van der Waals surface area (Å²) < 4.78 is 8.53. The average molecular weight is 479 g/mol. The number of benzene rings is 1. The minimum absolute atomic E-state index is 0.0937. The first-order valence-electron chi connectivity index (χ1n) is 10.5. The van der Waals surface area contributed by atoms with Crippen LogP contribution in [-0.2, 0) is 9.53 Å². The van der Waals surface area contributed by atoms with Gasteiger partial charge >= 0.3 is 5.97 Å². The topological polar surface area (TPSA) is 104 Å². The van der Waals surface area contributed by atoms with E-state index in [0.29, 0.717) is 17.2 Å². The van der Waals surface area contributed by atoms with E-state index in [1.165, 1.54) is 0 Å². The predicted molar refractivity (Wildman–Crippen MR) is 128 cm³/mol. The molecule has 0 atom stereocenters. The fraction of sp³-hybridized carbons (Fsp3) is 0.208. The molecular weight excluding hydrogens is 456 g/mol. The van der Waals surface area contributed by atoms with Crippen molar-refractivity contribution in [3.05, 3.63) is 82.0 Å². The zero-order valence-electron chi connectivity index (χ0n) is 19.2. The fourth-order valence-corrected chi connectivity index (χ4v) is 3.76. The van der Waals surface area contributed by atoms with Crippen LogP contribution in [0.2, 0.25) is 5.02 Å². The van der Waals surface area contributed by atoms with Gasteiger partial charge in [-0.15, -0.1) is 0 Å². The van der Waals surface area contributed by atoms with Gasteiger partial charge in [-0.25, -0.2) is 19.1 Å². The molecule has 1 N–H and O–H groups in total. The van der Waals surface area contributed by atoms with Crippen molar-refractivity contribution in [1.82, 2.24) is 24.5 Å². The number of para-hydroxylation sites is 1. The summed E-state index contributed by atoms with van der Waals surface area (Å²) in [6, 6.07) is 14.7. The van der Waals surface area contributed by atoms with Gasteiger partial charge in [-0.3, -0.25) is 4.79 Å². The summed E-state index contributed by atoms with van der Waals surface area (Å²) in [6.45, 7) is 6.88. The number of anilines is 1. The molecule has 0 saturated carbocycles. The molecule has 174 valence electrons. The molecule has 3 aromatic heterocycles. The van der Waals surface area contributed by atoms with Crippen LogP contribution in [0, 0.1) is 27.7 Å². The molecule has 0 bridgehead atoms. The Morgan fingerprint density at radius 3 is 2.41 bits per heavy atom. The lowest BCUT2D eigenvalue weighted by Crippen LogP contribution is -2.22. The number of aryl methyl sites for hydroxylation is 3. The van der Waals surface area contributed by atoms with E-state index in [0.717, 1.165) is 22.8 Å². The number of hydrogen-bond donors (Lipinski definition) is 1. The highest BCUT2D eigenvalue weighted by molar-refractivity contribution is 6.33. The minimum atomic E-state index is -0.808. The number of esters is 1. The number of ether oxygens (including phenoxy) is 1. The highest BCUT2D eigenvalue weighted by atomic mass is 35.5. The van der Waals surface area contributed by atoms with Crippen molar-refractivity contribution in [3.8, 4) is 11.5 Å². The molecule has 1 aromatic carbocycles. The number of aromatic nitrogens is 5. The van der Waals surface area contributed by atoms with Crippen molar-refractivity contribution >= 4 is 29.2 Å². The van der Waals surface area contributed by atoms with E-state index >= 15 is 0 Å². The van der Waals surface area contributed by atoms with E-state index in [4.69, 9.17) is 16.3 Å². The van der Waals surface area contributed by atoms with Crippen molar-refractivity contribution in [2.24, 2.45) is 0 Å². The molecule has 0 unspecified atom stereocenters. The Balaban J connectivity index is 1.45. The third-order valence-corrected chi connectivity index (χ3v) is 5.45. The molecule has 0 fully saturated rings. The molecular formula is C24H23ClN6O3. The molecule has 4 aromatic rings. The second-order valence-electron chi connectivity index (χ2n) is 7.76. The van der Waals surface area contributed by atoms with Gasteiger partial charge in [0.2, 0.25) is 0 Å². The van der Waals surface area contributed by atoms with Gasteiger partial charge in [0.1, 0.15) is 0 Å². The van der Waals surface area contributed by atoms with Gasteiger partial charge in [0.25, 0.3) is 5.91 Å². The maximum Gasteiger partial charge on any atom is 0.359 e. The molecule has 10 heteroatoms. The Labute approximate surface area is 201 Å². The lowest BCUT2D eigenvalue weighted by molar-refractivity contribution is -0.119. The summed E-state index contributed by atoms with van der Waals surface area (Å²) in [5, 5.41) is 11.7. The van der Waals surface area contributed by atoms with Gasteiger partial charge in [-0.05, 0) is 58.0 Å². The Kier molecular flexibility index (Phi) is 6.47. The number of halogens is 1. The molecule has 0 spiro atoms. The van der Waals surface area contributed by atoms with Crippen LogP contribution < -0.4 is 5.32 Å². The molecule has 1 amide bonds. The van der Waals surface area contributed by atoms with Gasteiger partial charge in [0, 0.05) is 5.69 Å². The molecule has 0 radical (unpaired) electrons. The maximum atomic E-state index is 12.6. The zero-order chi connectivity index (χ0) is 24.4. The molecule has 4 rings (SSSR count). The lowest BCUT2D eigenvalue weighted by Gasteiger charge is -2.09. The average Bonchev–Trinajstić information content (AvgIpc) is 3.30. The standard InChI is InChI=1S/C24H23ClN6O3/c1-14-12-15(2)30(28-14)20-11-10-19(25)23(26-20)24(33)34-13-21(32)27-22-16(3)29-31(17(22)4)18-8-6-5-7-9-18/h5-12H,13H2,1-4H3,(H,27,32). The summed E-state index contributed by atoms with van der Waals surface area (Å²) in [7, 11) is 0. The first-order chi connectivity index (χ1) is 16.2. The number of nitrogens with zero attached hydrogens (tertiary/aromatic N) is 5. The van der Waals surface area contributed by atoms with Crippen LogP contribution >= 0.6 is 11.6 Å². The number of pyridine rings is 1. The second kappa shape index (κ2) is 9.48. The summed E-state index contributed by atoms with van der Waals surface area (Å²) >= 11 is 6.17. The lowest BCUT2D eigenvalue weighted by atomic mass is 10.3. The van der Waals surface area contributed by atoms with Crippen LogP contribution in [0.1, 0.15) is 33.3 Å². The molecule has 34 heavy (non-hydrogen) atoms. The molecule has 0 saturated heterocycles. The Morgan fingerprint density at radius 2 is 1.74 bits per heavy atom. The highest BCUT2D eigenvalue weighted by Crippen LogP contribution is 2.23. The van der Waals surface area contributed by atoms with E-state index in [9.17, 15) is 9.59 Å². The Morgan fingerprint density at radius 1 is 1.00 bits per heavy atom. The van der Waals surface area contributed by atoms with E-state index in [1.807, 2.05) is 57.2 Å². The van der Waals surface area contributed by atoms with Crippen molar-refractivity contribution < 1.29 is 14.3 Å². The SMILES string of the molecule is Cc1cc(C)n(-c2ccc(Cl)c(C(=O)OCC(=O)Nc3c(C)nn(-c4ccccc4)c3C)n2)n1. The van der Waals surface area contributed by atoms with Gasteiger partial charge in [-0.1, -0.05) is 29.8 Å². The third kappa shape index (κ3) is 4.69. The monoisotopic (exact) mass is 478 g/mol. The van der Waals surface area contributed by atoms with E-state index in [2.05, 4.69) is 20.5 Å². The van der Waals surface area contributed by atoms with Gasteiger partial charge < -0.3 is 10.1 Å². The van der Waals surface area contributed by atoms with E-state index in [1.54, 1.807) is 28.4 Å². The summed E-state index contributed by atoms with van der Waals surface area (Å²) in [6.07, 6.45) is 0. The van der Waals surface area contributed by atoms with E-state index < -0.39 is 18.5 Å². The third-order valence-electron chi connectivity index (χ3n) is 5.14. The number of carbonyl (C=O) groups excluding carboxylic acids is 2. The van der Waals surface area contributed by atoms with Crippen LogP contribution in [-0.4, -0.2) is 43.0 Å². The first-order valence-corrected chi connectivity index (χ1v) is 10.9. The normalized spacial score (nSPS) is 10.9. The number of carbonyl (C=O) groups is 2. The van der Waals surface area contributed by atoms with Gasteiger partial charge in [-0.2, -0.15) is 10.2 Å². The molecule has 3 heterocycles. The zero-order valence-corrected chi connectivity index (χ0v) is 19.9. The van der Waals surface area contributed by atoms with Crippen LogP contribution in [0.5, 0.6) is 0 Å². The molecule has 0 aliphatic carbocycles.